The van der Waals surface area contributed by atoms with Crippen LogP contribution >= 0.6 is 11.6 Å². The first-order valence-corrected chi connectivity index (χ1v) is 10.1. The van der Waals surface area contributed by atoms with Crippen molar-refractivity contribution in [3.8, 4) is 5.75 Å². The summed E-state index contributed by atoms with van der Waals surface area (Å²) in [6, 6.07) is 14.8. The molecular formula is C22H23ClN4O3. The fourth-order valence-corrected chi connectivity index (χ4v) is 3.87. The van der Waals surface area contributed by atoms with Crippen molar-refractivity contribution < 1.29 is 14.3 Å². The van der Waals surface area contributed by atoms with Crippen molar-refractivity contribution in [2.75, 3.05) is 13.7 Å². The van der Waals surface area contributed by atoms with Crippen LogP contribution in [0.5, 0.6) is 5.75 Å². The number of amides is 2. The molecule has 1 fully saturated rings. The maximum atomic E-state index is 12.9. The van der Waals surface area contributed by atoms with Crippen LogP contribution in [0.15, 0.2) is 60.9 Å². The number of nitrogens with zero attached hydrogens (tertiary/aromatic N) is 2. The Morgan fingerprint density at radius 1 is 1.20 bits per heavy atom. The zero-order chi connectivity index (χ0) is 21.1. The summed E-state index contributed by atoms with van der Waals surface area (Å²) < 4.78 is 5.20. The van der Waals surface area contributed by atoms with Gasteiger partial charge in [-0.05, 0) is 35.7 Å². The van der Waals surface area contributed by atoms with Crippen molar-refractivity contribution in [1.82, 2.24) is 20.7 Å². The lowest BCUT2D eigenvalue weighted by atomic mass is 10.0. The van der Waals surface area contributed by atoms with Gasteiger partial charge in [-0.15, -0.1) is 0 Å². The summed E-state index contributed by atoms with van der Waals surface area (Å²) in [7, 11) is 1.63. The van der Waals surface area contributed by atoms with Crippen LogP contribution in [-0.4, -0.2) is 41.4 Å². The molecule has 0 bridgehead atoms. The van der Waals surface area contributed by atoms with E-state index in [0.29, 0.717) is 18.0 Å². The molecule has 2 atom stereocenters. The number of carbonyl (C=O) groups is 2. The molecule has 2 aromatic rings. The van der Waals surface area contributed by atoms with Gasteiger partial charge < -0.3 is 20.0 Å². The molecule has 30 heavy (non-hydrogen) atoms. The SMILES string of the molecule is COc1ccc(C2CC3C(=O)N(CC(=O)NCc4ccccc4Cl)C=CN3N2)cc1. The molecule has 2 N–H and O–H groups in total. The minimum Gasteiger partial charge on any atom is -0.497 e. The van der Waals surface area contributed by atoms with Crippen molar-refractivity contribution >= 4 is 23.4 Å². The van der Waals surface area contributed by atoms with Crippen molar-refractivity contribution in [2.45, 2.75) is 25.0 Å². The number of hydrazine groups is 1. The average molecular weight is 427 g/mol. The third-order valence-electron chi connectivity index (χ3n) is 5.34. The number of hydrogen-bond donors (Lipinski definition) is 2. The first kappa shape index (κ1) is 20.3. The van der Waals surface area contributed by atoms with Crippen LogP contribution in [0.3, 0.4) is 0 Å². The zero-order valence-corrected chi connectivity index (χ0v) is 17.3. The maximum Gasteiger partial charge on any atom is 0.251 e. The summed E-state index contributed by atoms with van der Waals surface area (Å²) in [5.74, 6) is 0.451. The van der Waals surface area contributed by atoms with Crippen molar-refractivity contribution in [2.24, 2.45) is 0 Å². The quantitative estimate of drug-likeness (QED) is 0.742. The van der Waals surface area contributed by atoms with Crippen LogP contribution in [0.2, 0.25) is 5.02 Å². The monoisotopic (exact) mass is 426 g/mol. The fraction of sp³-hybridized carbons (Fsp3) is 0.273. The number of methoxy groups -OCH3 is 1. The standard InChI is InChI=1S/C22H23ClN4O3/c1-30-17-8-6-15(7-9-17)19-12-20-22(29)26(10-11-27(20)25-19)14-21(28)24-13-16-4-2-3-5-18(16)23/h2-11,19-20,25H,12-14H2,1H3,(H,24,28). The van der Waals surface area contributed by atoms with E-state index < -0.39 is 0 Å². The van der Waals surface area contributed by atoms with E-state index in [1.165, 1.54) is 4.90 Å². The Labute approximate surface area is 180 Å². The molecule has 0 saturated carbocycles. The summed E-state index contributed by atoms with van der Waals surface area (Å²) >= 11 is 6.12. The molecule has 2 aliphatic rings. The van der Waals surface area contributed by atoms with E-state index in [9.17, 15) is 9.59 Å². The number of fused-ring (bicyclic) bond motifs is 1. The number of hydrogen-bond acceptors (Lipinski definition) is 5. The van der Waals surface area contributed by atoms with Crippen molar-refractivity contribution in [3.05, 3.63) is 77.1 Å². The molecule has 2 aliphatic heterocycles. The highest BCUT2D eigenvalue weighted by Crippen LogP contribution is 2.31. The van der Waals surface area contributed by atoms with Gasteiger partial charge in [0.05, 0.1) is 13.2 Å². The van der Waals surface area contributed by atoms with Crippen LogP contribution < -0.4 is 15.5 Å². The Balaban J connectivity index is 1.34. The van der Waals surface area contributed by atoms with E-state index in [-0.39, 0.29) is 30.4 Å². The molecule has 0 spiro atoms. The zero-order valence-electron chi connectivity index (χ0n) is 16.5. The van der Waals surface area contributed by atoms with Gasteiger partial charge >= 0.3 is 0 Å². The third-order valence-corrected chi connectivity index (χ3v) is 5.71. The Morgan fingerprint density at radius 2 is 1.97 bits per heavy atom. The molecule has 8 heteroatoms. The molecule has 2 amide bonds. The van der Waals surface area contributed by atoms with Crippen LogP contribution in [-0.2, 0) is 16.1 Å². The van der Waals surface area contributed by atoms with Crippen molar-refractivity contribution in [3.63, 3.8) is 0 Å². The largest absolute Gasteiger partial charge is 0.497 e. The molecule has 7 nitrogen and oxygen atoms in total. The number of rotatable bonds is 6. The summed E-state index contributed by atoms with van der Waals surface area (Å²) in [6.45, 7) is 0.290. The first-order valence-electron chi connectivity index (χ1n) is 9.72. The highest BCUT2D eigenvalue weighted by Gasteiger charge is 2.40. The van der Waals surface area contributed by atoms with E-state index >= 15 is 0 Å². The second kappa shape index (κ2) is 8.77. The topological polar surface area (TPSA) is 73.9 Å². The van der Waals surface area contributed by atoms with Gasteiger partial charge in [-0.25, -0.2) is 5.43 Å². The average Bonchev–Trinajstić information content (AvgIpc) is 3.20. The summed E-state index contributed by atoms with van der Waals surface area (Å²) in [5, 5.41) is 5.24. The Bertz CT molecular complexity index is 963. The smallest absolute Gasteiger partial charge is 0.251 e. The Hall–Kier alpha value is -3.03. The molecule has 2 aromatic carbocycles. The fourth-order valence-electron chi connectivity index (χ4n) is 3.67. The second-order valence-electron chi connectivity index (χ2n) is 7.25. The van der Waals surface area contributed by atoms with Gasteiger partial charge in [0, 0.05) is 24.0 Å². The Morgan fingerprint density at radius 3 is 2.70 bits per heavy atom. The lowest BCUT2D eigenvalue weighted by Crippen LogP contribution is -2.50. The van der Waals surface area contributed by atoms with Gasteiger partial charge in [0.25, 0.3) is 5.91 Å². The van der Waals surface area contributed by atoms with Gasteiger partial charge in [0.15, 0.2) is 0 Å². The van der Waals surface area contributed by atoms with Gasteiger partial charge in [0.2, 0.25) is 5.91 Å². The molecule has 4 rings (SSSR count). The normalized spacial score (nSPS) is 20.3. The number of ether oxygens (including phenoxy) is 1. The van der Waals surface area contributed by atoms with Gasteiger partial charge in [-0.3, -0.25) is 9.59 Å². The molecule has 156 valence electrons. The Kier molecular flexibility index (Phi) is 5.92. The van der Waals surface area contributed by atoms with E-state index in [0.717, 1.165) is 16.9 Å². The molecular weight excluding hydrogens is 404 g/mol. The van der Waals surface area contributed by atoms with Gasteiger partial charge in [-0.2, -0.15) is 0 Å². The number of carbonyl (C=O) groups excluding carboxylic acids is 2. The predicted octanol–water partition coefficient (Wildman–Crippen LogP) is 2.60. The summed E-state index contributed by atoms with van der Waals surface area (Å²) in [5.41, 5.74) is 5.26. The molecule has 0 aliphatic carbocycles. The lowest BCUT2D eigenvalue weighted by Gasteiger charge is -2.31. The maximum absolute atomic E-state index is 12.9. The van der Waals surface area contributed by atoms with Gasteiger partial charge in [0.1, 0.15) is 18.3 Å². The predicted molar refractivity (Wildman–Crippen MR) is 113 cm³/mol. The minimum absolute atomic E-state index is 0.0171. The van der Waals surface area contributed by atoms with Crippen LogP contribution in [0.4, 0.5) is 0 Å². The van der Waals surface area contributed by atoms with Gasteiger partial charge in [-0.1, -0.05) is 41.9 Å². The number of halogens is 1. The second-order valence-corrected chi connectivity index (χ2v) is 7.65. The van der Waals surface area contributed by atoms with E-state index in [1.807, 2.05) is 47.5 Å². The summed E-state index contributed by atoms with van der Waals surface area (Å²) in [6.07, 6.45) is 4.06. The minimum atomic E-state index is -0.349. The van der Waals surface area contributed by atoms with E-state index in [1.54, 1.807) is 25.6 Å². The molecule has 1 saturated heterocycles. The van der Waals surface area contributed by atoms with E-state index in [2.05, 4.69) is 10.7 Å². The highest BCUT2D eigenvalue weighted by atomic mass is 35.5. The van der Waals surface area contributed by atoms with Crippen molar-refractivity contribution in [1.29, 1.82) is 0 Å². The van der Waals surface area contributed by atoms with E-state index in [4.69, 9.17) is 16.3 Å². The van der Waals surface area contributed by atoms with Crippen LogP contribution in [0.1, 0.15) is 23.6 Å². The number of benzene rings is 2. The molecule has 0 radical (unpaired) electrons. The number of nitrogens with one attached hydrogen (secondary N) is 2. The van der Waals surface area contributed by atoms with Crippen LogP contribution in [0, 0.1) is 0 Å². The highest BCUT2D eigenvalue weighted by molar-refractivity contribution is 6.31. The molecule has 2 heterocycles. The summed E-state index contributed by atoms with van der Waals surface area (Å²) in [4.78, 5) is 26.7. The lowest BCUT2D eigenvalue weighted by molar-refractivity contribution is -0.138. The van der Waals surface area contributed by atoms with Crippen LogP contribution in [0.25, 0.3) is 0 Å². The third kappa shape index (κ3) is 4.27. The molecule has 2 unspecified atom stereocenters. The first-order chi connectivity index (χ1) is 14.5. The molecule has 0 aromatic heterocycles.